The number of Topliss-reactive ketones (excluding diaryl/α,β-unsaturated/α-hetero) is 1. The van der Waals surface area contributed by atoms with E-state index in [2.05, 4.69) is 25.7 Å². The summed E-state index contributed by atoms with van der Waals surface area (Å²) < 4.78 is 12.4. The van der Waals surface area contributed by atoms with Gasteiger partial charge in [0, 0.05) is 23.6 Å². The molecule has 0 spiro atoms. The Kier molecular flexibility index (Phi) is 8.44. The van der Waals surface area contributed by atoms with Crippen LogP contribution in [0.3, 0.4) is 0 Å². The SMILES string of the molecule is CC(C)(C)OC(=O)CC(NC(=O)OCc1ccccc1)C(=O)Cn1nnc(-c2ccc(-n3ccnc3)cc2)n1. The van der Waals surface area contributed by atoms with Gasteiger partial charge in [0.15, 0.2) is 5.78 Å². The summed E-state index contributed by atoms with van der Waals surface area (Å²) in [7, 11) is 0. The number of ether oxygens (including phenoxy) is 2. The molecule has 4 rings (SSSR count). The topological polar surface area (TPSA) is 143 Å². The van der Waals surface area contributed by atoms with Crippen molar-refractivity contribution in [2.45, 2.75) is 52.0 Å². The number of alkyl carbamates (subject to hydrolysis) is 1. The summed E-state index contributed by atoms with van der Waals surface area (Å²) >= 11 is 0. The minimum atomic E-state index is -1.22. The van der Waals surface area contributed by atoms with Crippen molar-refractivity contribution in [3.05, 3.63) is 78.9 Å². The molecule has 1 atom stereocenters. The number of carbonyl (C=O) groups excluding carboxylic acids is 3. The highest BCUT2D eigenvalue weighted by molar-refractivity contribution is 5.90. The molecule has 0 aliphatic heterocycles. The molecule has 12 nitrogen and oxygen atoms in total. The van der Waals surface area contributed by atoms with Crippen LogP contribution in [0, 0.1) is 0 Å². The number of rotatable bonds is 10. The Hall–Kier alpha value is -4.87. The molecule has 0 aliphatic rings. The Morgan fingerprint density at radius 3 is 2.44 bits per heavy atom. The van der Waals surface area contributed by atoms with Gasteiger partial charge in [-0.2, -0.15) is 4.80 Å². The van der Waals surface area contributed by atoms with Crippen molar-refractivity contribution >= 4 is 17.8 Å². The number of benzene rings is 2. The molecule has 0 saturated heterocycles. The summed E-state index contributed by atoms with van der Waals surface area (Å²) in [5.74, 6) is -0.842. The molecule has 39 heavy (non-hydrogen) atoms. The van der Waals surface area contributed by atoms with Crippen LogP contribution in [0.1, 0.15) is 32.8 Å². The first-order chi connectivity index (χ1) is 18.7. The molecule has 0 bridgehead atoms. The molecule has 2 aromatic carbocycles. The first-order valence-corrected chi connectivity index (χ1v) is 12.2. The Labute approximate surface area is 225 Å². The second-order valence-electron chi connectivity index (χ2n) is 9.68. The van der Waals surface area contributed by atoms with E-state index < -0.39 is 29.5 Å². The van der Waals surface area contributed by atoms with Crippen LogP contribution in [0.2, 0.25) is 0 Å². The van der Waals surface area contributed by atoms with Gasteiger partial charge in [0.25, 0.3) is 0 Å². The smallest absolute Gasteiger partial charge is 0.408 e. The number of aromatic nitrogens is 6. The molecular formula is C27H29N7O5. The van der Waals surface area contributed by atoms with Crippen molar-refractivity contribution in [3.8, 4) is 17.1 Å². The van der Waals surface area contributed by atoms with Crippen LogP contribution in [-0.2, 0) is 32.2 Å². The zero-order chi connectivity index (χ0) is 27.8. The highest BCUT2D eigenvalue weighted by Crippen LogP contribution is 2.17. The van der Waals surface area contributed by atoms with Gasteiger partial charge >= 0.3 is 12.1 Å². The van der Waals surface area contributed by atoms with E-state index in [-0.39, 0.29) is 19.6 Å². The van der Waals surface area contributed by atoms with Gasteiger partial charge in [0.05, 0.1) is 12.7 Å². The average molecular weight is 532 g/mol. The monoisotopic (exact) mass is 531 g/mol. The Morgan fingerprint density at radius 2 is 1.77 bits per heavy atom. The minimum Gasteiger partial charge on any atom is -0.460 e. The number of hydrogen-bond donors (Lipinski definition) is 1. The quantitative estimate of drug-likeness (QED) is 0.305. The molecule has 12 heteroatoms. The van der Waals surface area contributed by atoms with Crippen LogP contribution in [-0.4, -0.2) is 59.2 Å². The molecule has 1 amide bonds. The maximum Gasteiger partial charge on any atom is 0.408 e. The number of amides is 1. The number of tetrazole rings is 1. The molecule has 2 heterocycles. The molecule has 1 unspecified atom stereocenters. The zero-order valence-electron chi connectivity index (χ0n) is 21.9. The third-order valence-corrected chi connectivity index (χ3v) is 5.36. The maximum absolute atomic E-state index is 13.1. The molecule has 1 N–H and O–H groups in total. The Bertz CT molecular complexity index is 1390. The van der Waals surface area contributed by atoms with Gasteiger partial charge in [-0.25, -0.2) is 9.78 Å². The highest BCUT2D eigenvalue weighted by atomic mass is 16.6. The van der Waals surface area contributed by atoms with Crippen molar-refractivity contribution < 1.29 is 23.9 Å². The molecule has 0 fully saturated rings. The molecule has 0 saturated carbocycles. The summed E-state index contributed by atoms with van der Waals surface area (Å²) in [4.78, 5) is 43.2. The largest absolute Gasteiger partial charge is 0.460 e. The summed E-state index contributed by atoms with van der Waals surface area (Å²) in [6.07, 6.45) is 3.98. The van der Waals surface area contributed by atoms with E-state index in [1.165, 1.54) is 0 Å². The number of esters is 1. The normalized spacial score (nSPS) is 12.0. The molecule has 4 aromatic rings. The number of imidazole rings is 1. The number of nitrogens with zero attached hydrogens (tertiary/aromatic N) is 6. The summed E-state index contributed by atoms with van der Waals surface area (Å²) in [5, 5.41) is 14.7. The summed E-state index contributed by atoms with van der Waals surface area (Å²) in [5.41, 5.74) is 1.63. The molecule has 202 valence electrons. The van der Waals surface area contributed by atoms with Gasteiger partial charge < -0.3 is 19.4 Å². The van der Waals surface area contributed by atoms with Crippen molar-refractivity contribution in [3.63, 3.8) is 0 Å². The lowest BCUT2D eigenvalue weighted by molar-refractivity contribution is -0.156. The summed E-state index contributed by atoms with van der Waals surface area (Å²) in [6.45, 7) is 4.82. The van der Waals surface area contributed by atoms with Crippen molar-refractivity contribution in [2.24, 2.45) is 0 Å². The van der Waals surface area contributed by atoms with Crippen LogP contribution >= 0.6 is 0 Å². The average Bonchev–Trinajstić information content (AvgIpc) is 3.60. The van der Waals surface area contributed by atoms with Gasteiger partial charge in [-0.1, -0.05) is 30.3 Å². The van der Waals surface area contributed by atoms with E-state index in [9.17, 15) is 14.4 Å². The van der Waals surface area contributed by atoms with Crippen LogP contribution in [0.4, 0.5) is 4.79 Å². The van der Waals surface area contributed by atoms with Gasteiger partial charge in [0.2, 0.25) is 5.82 Å². The van der Waals surface area contributed by atoms with E-state index in [1.54, 1.807) is 45.4 Å². The molecule has 2 aromatic heterocycles. The Balaban J connectivity index is 1.41. The van der Waals surface area contributed by atoms with E-state index >= 15 is 0 Å². The first kappa shape index (κ1) is 27.2. The maximum atomic E-state index is 13.1. The fraction of sp³-hybridized carbons (Fsp3) is 0.296. The highest BCUT2D eigenvalue weighted by Gasteiger charge is 2.28. The Morgan fingerprint density at radius 1 is 1.03 bits per heavy atom. The molecular weight excluding hydrogens is 502 g/mol. The number of ketones is 1. The summed E-state index contributed by atoms with van der Waals surface area (Å²) in [6, 6.07) is 15.3. The number of nitrogens with one attached hydrogen (secondary N) is 1. The van der Waals surface area contributed by atoms with E-state index in [1.807, 2.05) is 53.2 Å². The second-order valence-corrected chi connectivity index (χ2v) is 9.68. The number of hydrogen-bond acceptors (Lipinski definition) is 9. The van der Waals surface area contributed by atoms with E-state index in [4.69, 9.17) is 9.47 Å². The fourth-order valence-electron chi connectivity index (χ4n) is 3.57. The van der Waals surface area contributed by atoms with Crippen LogP contribution in [0.25, 0.3) is 17.1 Å². The predicted octanol–water partition coefficient (Wildman–Crippen LogP) is 3.12. The van der Waals surface area contributed by atoms with Gasteiger partial charge in [-0.05, 0) is 55.8 Å². The first-order valence-electron chi connectivity index (χ1n) is 12.2. The van der Waals surface area contributed by atoms with Crippen molar-refractivity contribution in [2.75, 3.05) is 0 Å². The standard InChI is InChI=1S/C27H29N7O5/c1-27(2,3)39-24(36)15-22(29-26(37)38-17-19-7-5-4-6-8-19)23(35)16-34-31-25(30-32-34)20-9-11-21(12-10-20)33-14-13-28-18-33/h4-14,18,22H,15-17H2,1-3H3,(H,29,37). The van der Waals surface area contributed by atoms with Gasteiger partial charge in [0.1, 0.15) is 24.8 Å². The van der Waals surface area contributed by atoms with E-state index in [0.29, 0.717) is 11.4 Å². The third-order valence-electron chi connectivity index (χ3n) is 5.36. The predicted molar refractivity (Wildman–Crippen MR) is 139 cm³/mol. The van der Waals surface area contributed by atoms with Crippen LogP contribution < -0.4 is 5.32 Å². The zero-order valence-corrected chi connectivity index (χ0v) is 21.9. The van der Waals surface area contributed by atoms with E-state index in [0.717, 1.165) is 16.0 Å². The second kappa shape index (κ2) is 12.1. The third kappa shape index (κ3) is 8.06. The van der Waals surface area contributed by atoms with Gasteiger partial charge in [-0.15, -0.1) is 10.2 Å². The number of carbonyl (C=O) groups is 3. The van der Waals surface area contributed by atoms with Crippen molar-refractivity contribution in [1.82, 2.24) is 35.1 Å². The van der Waals surface area contributed by atoms with Crippen LogP contribution in [0.15, 0.2) is 73.3 Å². The molecule has 0 radical (unpaired) electrons. The lowest BCUT2D eigenvalue weighted by Gasteiger charge is -2.22. The minimum absolute atomic E-state index is 0.00759. The lowest BCUT2D eigenvalue weighted by Crippen LogP contribution is -2.45. The van der Waals surface area contributed by atoms with Gasteiger partial charge in [-0.3, -0.25) is 9.59 Å². The fourth-order valence-corrected chi connectivity index (χ4v) is 3.57. The van der Waals surface area contributed by atoms with Crippen LogP contribution in [0.5, 0.6) is 0 Å². The lowest BCUT2D eigenvalue weighted by atomic mass is 10.1. The molecule has 0 aliphatic carbocycles. The van der Waals surface area contributed by atoms with Crippen molar-refractivity contribution in [1.29, 1.82) is 0 Å².